The number of nitro groups is 1. The summed E-state index contributed by atoms with van der Waals surface area (Å²) < 4.78 is 39.7. The van der Waals surface area contributed by atoms with Gasteiger partial charge in [0, 0.05) is 12.6 Å². The lowest BCUT2D eigenvalue weighted by molar-refractivity contribution is -0.385. The molecule has 0 N–H and O–H groups in total. The predicted molar refractivity (Wildman–Crippen MR) is 123 cm³/mol. The Labute approximate surface area is 192 Å². The number of nitrogens with zero attached hydrogens (tertiary/aromatic N) is 2. The van der Waals surface area contributed by atoms with Crippen LogP contribution in [0, 0.1) is 17.0 Å². The van der Waals surface area contributed by atoms with Crippen LogP contribution in [-0.4, -0.2) is 38.4 Å². The third-order valence-corrected chi connectivity index (χ3v) is 7.76. The van der Waals surface area contributed by atoms with E-state index in [0.29, 0.717) is 29.0 Å². The average Bonchev–Trinajstić information content (AvgIpc) is 2.82. The lowest BCUT2D eigenvalue weighted by Gasteiger charge is -2.37. The molecule has 0 spiro atoms. The molecule has 0 saturated heterocycles. The number of sulfonamides is 1. The quantitative estimate of drug-likeness (QED) is 0.396. The van der Waals surface area contributed by atoms with Crippen LogP contribution in [-0.2, 0) is 16.4 Å². The number of hydrogen-bond donors (Lipinski definition) is 0. The summed E-state index contributed by atoms with van der Waals surface area (Å²) in [5.74, 6) is 0.946. The molecule has 3 aromatic carbocycles. The molecule has 8 nitrogen and oxygen atoms in total. The van der Waals surface area contributed by atoms with Gasteiger partial charge in [-0.05, 0) is 48.7 Å². The van der Waals surface area contributed by atoms with E-state index >= 15 is 0 Å². The Morgan fingerprint density at radius 3 is 2.24 bits per heavy atom. The Balaban J connectivity index is 1.97. The second-order valence-corrected chi connectivity index (χ2v) is 9.69. The van der Waals surface area contributed by atoms with Crippen LogP contribution >= 0.6 is 0 Å². The summed E-state index contributed by atoms with van der Waals surface area (Å²) in [4.78, 5) is 11.5. The molecule has 4 rings (SSSR count). The number of aryl methyl sites for hydroxylation is 1. The van der Waals surface area contributed by atoms with Crippen molar-refractivity contribution in [3.05, 3.63) is 93.0 Å². The van der Waals surface area contributed by atoms with Crippen LogP contribution in [0.2, 0.25) is 0 Å². The number of hydrogen-bond acceptors (Lipinski definition) is 6. The molecule has 0 aliphatic carbocycles. The minimum Gasteiger partial charge on any atom is -0.493 e. The molecule has 172 valence electrons. The molecular weight excluding hydrogens is 444 g/mol. The largest absolute Gasteiger partial charge is 0.493 e. The van der Waals surface area contributed by atoms with E-state index in [9.17, 15) is 18.5 Å². The third kappa shape index (κ3) is 4.05. The van der Waals surface area contributed by atoms with E-state index in [1.807, 2.05) is 13.0 Å². The molecular formula is C24H24N2O6S. The molecule has 1 atom stereocenters. The first-order chi connectivity index (χ1) is 15.8. The van der Waals surface area contributed by atoms with Gasteiger partial charge >= 0.3 is 0 Å². The highest BCUT2D eigenvalue weighted by Gasteiger charge is 2.40. The first-order valence-electron chi connectivity index (χ1n) is 10.3. The van der Waals surface area contributed by atoms with Crippen LogP contribution in [0.3, 0.4) is 0 Å². The van der Waals surface area contributed by atoms with Gasteiger partial charge in [0.15, 0.2) is 11.5 Å². The summed E-state index contributed by atoms with van der Waals surface area (Å²) in [6, 6.07) is 15.5. The van der Waals surface area contributed by atoms with Crippen molar-refractivity contribution < 1.29 is 22.8 Å². The van der Waals surface area contributed by atoms with Gasteiger partial charge in [-0.3, -0.25) is 10.1 Å². The van der Waals surface area contributed by atoms with Gasteiger partial charge in [-0.2, -0.15) is 4.31 Å². The van der Waals surface area contributed by atoms with Crippen molar-refractivity contribution in [3.63, 3.8) is 0 Å². The first-order valence-corrected chi connectivity index (χ1v) is 11.8. The van der Waals surface area contributed by atoms with E-state index < -0.39 is 21.0 Å². The number of rotatable bonds is 6. The van der Waals surface area contributed by atoms with Crippen LogP contribution in [0.1, 0.15) is 28.3 Å². The molecule has 33 heavy (non-hydrogen) atoms. The topological polar surface area (TPSA) is 99.0 Å². The number of methoxy groups -OCH3 is 2. The normalized spacial score (nSPS) is 16.2. The van der Waals surface area contributed by atoms with Crippen molar-refractivity contribution in [2.45, 2.75) is 24.3 Å². The predicted octanol–water partition coefficient (Wildman–Crippen LogP) is 4.26. The average molecular weight is 469 g/mol. The maximum absolute atomic E-state index is 13.8. The van der Waals surface area contributed by atoms with Gasteiger partial charge in [0.1, 0.15) is 0 Å². The Morgan fingerprint density at radius 2 is 1.61 bits per heavy atom. The smallest absolute Gasteiger partial charge is 0.274 e. The van der Waals surface area contributed by atoms with E-state index in [2.05, 4.69) is 0 Å². The zero-order valence-electron chi connectivity index (χ0n) is 18.5. The van der Waals surface area contributed by atoms with E-state index in [4.69, 9.17) is 9.47 Å². The Kier molecular flexibility index (Phi) is 6.09. The molecule has 1 aliphatic rings. The summed E-state index contributed by atoms with van der Waals surface area (Å²) in [5, 5.41) is 11.9. The zero-order chi connectivity index (χ0) is 23.8. The number of ether oxygens (including phenoxy) is 2. The highest BCUT2D eigenvalue weighted by atomic mass is 32.2. The molecule has 0 amide bonds. The second-order valence-electron chi connectivity index (χ2n) is 7.80. The number of benzene rings is 3. The fourth-order valence-electron chi connectivity index (χ4n) is 4.23. The molecule has 1 heterocycles. The minimum absolute atomic E-state index is 0.139. The summed E-state index contributed by atoms with van der Waals surface area (Å²) in [7, 11) is -0.935. The van der Waals surface area contributed by atoms with E-state index in [1.54, 1.807) is 48.5 Å². The number of fused-ring (bicyclic) bond motifs is 1. The Bertz CT molecular complexity index is 1310. The lowest BCUT2D eigenvalue weighted by Crippen LogP contribution is -2.40. The lowest BCUT2D eigenvalue weighted by atomic mass is 9.88. The van der Waals surface area contributed by atoms with Crippen LogP contribution < -0.4 is 9.47 Å². The second kappa shape index (κ2) is 8.84. The van der Waals surface area contributed by atoms with Crippen LogP contribution in [0.4, 0.5) is 5.69 Å². The molecule has 1 aliphatic heterocycles. The fraction of sp³-hybridized carbons (Fsp3) is 0.250. The number of para-hydroxylation sites is 1. The highest BCUT2D eigenvalue weighted by molar-refractivity contribution is 7.89. The molecule has 0 fully saturated rings. The van der Waals surface area contributed by atoms with Crippen LogP contribution in [0.25, 0.3) is 0 Å². The van der Waals surface area contributed by atoms with Crippen molar-refractivity contribution >= 4 is 15.7 Å². The molecule has 9 heteroatoms. The first kappa shape index (κ1) is 22.8. The third-order valence-electron chi connectivity index (χ3n) is 5.89. The monoisotopic (exact) mass is 468 g/mol. The SMILES string of the molecule is COc1cc2c(cc1OC)C(c1ccccc1[N+](=O)[O-])N(S(=O)(=O)c1ccc(C)cc1)CC2. The summed E-state index contributed by atoms with van der Waals surface area (Å²) in [5.41, 5.74) is 2.57. The summed E-state index contributed by atoms with van der Waals surface area (Å²) >= 11 is 0. The van der Waals surface area contributed by atoms with Crippen LogP contribution in [0.15, 0.2) is 65.6 Å². The molecule has 0 bridgehead atoms. The van der Waals surface area contributed by atoms with Crippen molar-refractivity contribution in [2.24, 2.45) is 0 Å². The zero-order valence-corrected chi connectivity index (χ0v) is 19.3. The van der Waals surface area contributed by atoms with Gasteiger partial charge in [0.2, 0.25) is 10.0 Å². The fourth-order valence-corrected chi connectivity index (χ4v) is 5.82. The maximum Gasteiger partial charge on any atom is 0.274 e. The Morgan fingerprint density at radius 1 is 0.970 bits per heavy atom. The van der Waals surface area contributed by atoms with E-state index in [0.717, 1.165) is 11.1 Å². The van der Waals surface area contributed by atoms with Crippen molar-refractivity contribution in [1.29, 1.82) is 0 Å². The minimum atomic E-state index is -3.96. The summed E-state index contributed by atoms with van der Waals surface area (Å²) in [6.45, 7) is 2.04. The van der Waals surface area contributed by atoms with Gasteiger partial charge in [0.05, 0.1) is 35.6 Å². The summed E-state index contributed by atoms with van der Waals surface area (Å²) in [6.07, 6.45) is 0.428. The van der Waals surface area contributed by atoms with Gasteiger partial charge in [0.25, 0.3) is 5.69 Å². The van der Waals surface area contributed by atoms with Crippen molar-refractivity contribution in [2.75, 3.05) is 20.8 Å². The van der Waals surface area contributed by atoms with Gasteiger partial charge in [-0.1, -0.05) is 35.9 Å². The molecule has 0 saturated carbocycles. The van der Waals surface area contributed by atoms with Gasteiger partial charge in [-0.25, -0.2) is 8.42 Å². The van der Waals surface area contributed by atoms with Crippen molar-refractivity contribution in [1.82, 2.24) is 4.31 Å². The molecule has 0 radical (unpaired) electrons. The van der Waals surface area contributed by atoms with E-state index in [1.165, 1.54) is 24.6 Å². The van der Waals surface area contributed by atoms with Gasteiger partial charge < -0.3 is 9.47 Å². The molecule has 0 aromatic heterocycles. The van der Waals surface area contributed by atoms with Crippen molar-refractivity contribution in [3.8, 4) is 11.5 Å². The van der Waals surface area contributed by atoms with Gasteiger partial charge in [-0.15, -0.1) is 0 Å². The highest BCUT2D eigenvalue weighted by Crippen LogP contribution is 2.45. The number of nitro benzene ring substituents is 1. The van der Waals surface area contributed by atoms with E-state index in [-0.39, 0.29) is 17.1 Å². The Hall–Kier alpha value is -3.43. The maximum atomic E-state index is 13.8. The van der Waals surface area contributed by atoms with Crippen LogP contribution in [0.5, 0.6) is 11.5 Å². The standard InChI is InChI=1S/C24H24N2O6S/c1-16-8-10-18(11-9-16)33(29,30)25-13-12-17-14-22(31-2)23(32-3)15-20(17)24(25)19-6-4-5-7-21(19)26(27)28/h4-11,14-15,24H,12-13H2,1-3H3. The molecule has 1 unspecified atom stereocenters. The molecule has 3 aromatic rings.